The molecular formula is C21H23N3O4. The van der Waals surface area contributed by atoms with Gasteiger partial charge in [0.15, 0.2) is 0 Å². The molecule has 0 saturated carbocycles. The van der Waals surface area contributed by atoms with E-state index in [9.17, 15) is 14.4 Å². The van der Waals surface area contributed by atoms with Crippen molar-refractivity contribution >= 4 is 29.2 Å². The van der Waals surface area contributed by atoms with Crippen LogP contribution in [0.15, 0.2) is 48.5 Å². The maximum Gasteiger partial charge on any atom is 0.332 e. The van der Waals surface area contributed by atoms with Gasteiger partial charge in [-0.3, -0.25) is 19.4 Å². The molecule has 7 nitrogen and oxygen atoms in total. The van der Waals surface area contributed by atoms with Crippen LogP contribution in [0.5, 0.6) is 5.75 Å². The van der Waals surface area contributed by atoms with E-state index in [2.05, 4.69) is 5.32 Å². The molecule has 0 bridgehead atoms. The predicted molar refractivity (Wildman–Crippen MR) is 106 cm³/mol. The van der Waals surface area contributed by atoms with E-state index in [1.54, 1.807) is 43.3 Å². The third-order valence-electron chi connectivity index (χ3n) is 4.51. The van der Waals surface area contributed by atoms with Gasteiger partial charge in [-0.05, 0) is 57.2 Å². The Morgan fingerprint density at radius 1 is 1.07 bits per heavy atom. The standard InChI is InChI=1S/C21H23N3O4/c1-4-28-18-11-7-16(8-12-18)22-19(25)13-23-20(26)15(3)24(21(23)27)17-9-5-14(2)6-10-17/h5-12,15H,4,13H2,1-3H3,(H,22,25). The molecule has 2 aromatic rings. The summed E-state index contributed by atoms with van der Waals surface area (Å²) < 4.78 is 5.36. The molecule has 28 heavy (non-hydrogen) atoms. The Morgan fingerprint density at radius 2 is 1.71 bits per heavy atom. The Morgan fingerprint density at radius 3 is 2.32 bits per heavy atom. The van der Waals surface area contributed by atoms with Crippen LogP contribution in [0.2, 0.25) is 0 Å². The summed E-state index contributed by atoms with van der Waals surface area (Å²) in [6.45, 7) is 5.71. The molecule has 0 aromatic heterocycles. The Labute approximate surface area is 163 Å². The lowest BCUT2D eigenvalue weighted by Crippen LogP contribution is -2.39. The number of anilines is 2. The molecule has 0 aliphatic carbocycles. The largest absolute Gasteiger partial charge is 0.494 e. The van der Waals surface area contributed by atoms with Crippen molar-refractivity contribution in [3.8, 4) is 5.75 Å². The first kappa shape index (κ1) is 19.4. The van der Waals surface area contributed by atoms with Gasteiger partial charge in [-0.1, -0.05) is 17.7 Å². The topological polar surface area (TPSA) is 79.0 Å². The maximum atomic E-state index is 12.8. The highest BCUT2D eigenvalue weighted by molar-refractivity contribution is 6.16. The molecule has 7 heteroatoms. The number of imide groups is 1. The van der Waals surface area contributed by atoms with Crippen molar-refractivity contribution in [1.29, 1.82) is 0 Å². The number of nitrogens with zero attached hydrogens (tertiary/aromatic N) is 2. The molecule has 146 valence electrons. The van der Waals surface area contributed by atoms with Gasteiger partial charge in [0.2, 0.25) is 5.91 Å². The summed E-state index contributed by atoms with van der Waals surface area (Å²) >= 11 is 0. The highest BCUT2D eigenvalue weighted by Crippen LogP contribution is 2.26. The highest BCUT2D eigenvalue weighted by Gasteiger charge is 2.44. The third-order valence-corrected chi connectivity index (χ3v) is 4.51. The van der Waals surface area contributed by atoms with Crippen LogP contribution in [0.1, 0.15) is 19.4 Å². The average molecular weight is 381 g/mol. The molecule has 0 spiro atoms. The number of rotatable bonds is 6. The van der Waals surface area contributed by atoms with Crippen molar-refractivity contribution in [2.45, 2.75) is 26.8 Å². The van der Waals surface area contributed by atoms with E-state index in [-0.39, 0.29) is 6.54 Å². The molecule has 3 rings (SSSR count). The minimum atomic E-state index is -0.659. The van der Waals surface area contributed by atoms with Crippen molar-refractivity contribution in [1.82, 2.24) is 4.90 Å². The summed E-state index contributed by atoms with van der Waals surface area (Å²) in [5, 5.41) is 2.70. The first-order chi connectivity index (χ1) is 13.4. The molecule has 1 fully saturated rings. The van der Waals surface area contributed by atoms with E-state index in [0.717, 1.165) is 10.5 Å². The zero-order chi connectivity index (χ0) is 20.3. The van der Waals surface area contributed by atoms with Gasteiger partial charge in [0.05, 0.1) is 6.61 Å². The van der Waals surface area contributed by atoms with E-state index in [4.69, 9.17) is 4.74 Å². The van der Waals surface area contributed by atoms with Crippen LogP contribution in [-0.4, -0.2) is 41.9 Å². The first-order valence-electron chi connectivity index (χ1n) is 9.14. The lowest BCUT2D eigenvalue weighted by atomic mass is 10.2. The van der Waals surface area contributed by atoms with Crippen LogP contribution in [0.3, 0.4) is 0 Å². The Hall–Kier alpha value is -3.35. The van der Waals surface area contributed by atoms with Crippen LogP contribution >= 0.6 is 0 Å². The second-order valence-corrected chi connectivity index (χ2v) is 6.59. The minimum Gasteiger partial charge on any atom is -0.494 e. The highest BCUT2D eigenvalue weighted by atomic mass is 16.5. The fourth-order valence-corrected chi connectivity index (χ4v) is 3.06. The van der Waals surface area contributed by atoms with Gasteiger partial charge in [0.1, 0.15) is 18.3 Å². The second kappa shape index (κ2) is 8.12. The number of aryl methyl sites for hydroxylation is 1. The molecular weight excluding hydrogens is 358 g/mol. The van der Waals surface area contributed by atoms with Gasteiger partial charge in [-0.2, -0.15) is 0 Å². The van der Waals surface area contributed by atoms with Crippen LogP contribution in [-0.2, 0) is 9.59 Å². The molecule has 1 heterocycles. The number of carbonyl (C=O) groups is 3. The normalized spacial score (nSPS) is 16.5. The van der Waals surface area contributed by atoms with Gasteiger partial charge in [0, 0.05) is 11.4 Å². The fraction of sp³-hybridized carbons (Fsp3) is 0.286. The van der Waals surface area contributed by atoms with Gasteiger partial charge in [-0.15, -0.1) is 0 Å². The maximum absolute atomic E-state index is 12.8. The zero-order valence-electron chi connectivity index (χ0n) is 16.1. The summed E-state index contributed by atoms with van der Waals surface area (Å²) in [4.78, 5) is 40.0. The Balaban J connectivity index is 1.67. The van der Waals surface area contributed by atoms with E-state index < -0.39 is 23.9 Å². The Bertz CT molecular complexity index is 878. The molecule has 1 N–H and O–H groups in total. The van der Waals surface area contributed by atoms with Gasteiger partial charge >= 0.3 is 6.03 Å². The minimum absolute atomic E-state index is 0.336. The second-order valence-electron chi connectivity index (χ2n) is 6.59. The SMILES string of the molecule is CCOc1ccc(NC(=O)CN2C(=O)C(C)N(c3ccc(C)cc3)C2=O)cc1. The van der Waals surface area contributed by atoms with E-state index >= 15 is 0 Å². The number of carbonyl (C=O) groups excluding carboxylic acids is 3. The number of hydrogen-bond donors (Lipinski definition) is 1. The van der Waals surface area contributed by atoms with Crippen molar-refractivity contribution in [2.24, 2.45) is 0 Å². The summed E-state index contributed by atoms with van der Waals surface area (Å²) in [6.07, 6.45) is 0. The van der Waals surface area contributed by atoms with Gasteiger partial charge in [-0.25, -0.2) is 4.79 Å². The van der Waals surface area contributed by atoms with Crippen molar-refractivity contribution in [3.63, 3.8) is 0 Å². The van der Waals surface area contributed by atoms with Crippen molar-refractivity contribution < 1.29 is 19.1 Å². The van der Waals surface area contributed by atoms with E-state index in [1.165, 1.54) is 4.90 Å². The summed E-state index contributed by atoms with van der Waals surface area (Å²) in [5.41, 5.74) is 2.25. The fourth-order valence-electron chi connectivity index (χ4n) is 3.06. The monoisotopic (exact) mass is 381 g/mol. The molecule has 1 aliphatic heterocycles. The van der Waals surface area contributed by atoms with Crippen LogP contribution in [0.25, 0.3) is 0 Å². The molecule has 0 radical (unpaired) electrons. The van der Waals surface area contributed by atoms with Crippen LogP contribution < -0.4 is 15.0 Å². The van der Waals surface area contributed by atoms with E-state index in [0.29, 0.717) is 23.7 Å². The number of ether oxygens (including phenoxy) is 1. The van der Waals surface area contributed by atoms with Crippen LogP contribution in [0, 0.1) is 6.92 Å². The molecule has 1 unspecified atom stereocenters. The van der Waals surface area contributed by atoms with Gasteiger partial charge in [0.25, 0.3) is 5.91 Å². The molecule has 2 aromatic carbocycles. The first-order valence-corrected chi connectivity index (χ1v) is 9.14. The predicted octanol–water partition coefficient (Wildman–Crippen LogP) is 3.19. The van der Waals surface area contributed by atoms with Gasteiger partial charge < -0.3 is 10.1 Å². The zero-order valence-corrected chi connectivity index (χ0v) is 16.1. The van der Waals surface area contributed by atoms with E-state index in [1.807, 2.05) is 26.0 Å². The lowest BCUT2D eigenvalue weighted by Gasteiger charge is -2.19. The Kier molecular flexibility index (Phi) is 5.63. The smallest absolute Gasteiger partial charge is 0.332 e. The lowest BCUT2D eigenvalue weighted by molar-refractivity contribution is -0.130. The number of nitrogens with one attached hydrogen (secondary N) is 1. The summed E-state index contributed by atoms with van der Waals surface area (Å²) in [5.74, 6) is -0.135. The molecule has 1 aliphatic rings. The number of benzene rings is 2. The summed E-state index contributed by atoms with van der Waals surface area (Å²) in [7, 11) is 0. The quantitative estimate of drug-likeness (QED) is 0.780. The molecule has 4 amide bonds. The molecule has 1 atom stereocenters. The molecule has 1 saturated heterocycles. The van der Waals surface area contributed by atoms with Crippen LogP contribution in [0.4, 0.5) is 16.2 Å². The van der Waals surface area contributed by atoms with Crippen molar-refractivity contribution in [3.05, 3.63) is 54.1 Å². The third kappa shape index (κ3) is 3.98. The number of amides is 4. The average Bonchev–Trinajstić information content (AvgIpc) is 2.88. The summed E-state index contributed by atoms with van der Waals surface area (Å²) in [6, 6.07) is 13.1. The number of urea groups is 1. The number of hydrogen-bond acceptors (Lipinski definition) is 4. The van der Waals surface area contributed by atoms with Crippen molar-refractivity contribution in [2.75, 3.05) is 23.4 Å².